The predicted molar refractivity (Wildman–Crippen MR) is 63.9 cm³/mol. The van der Waals surface area contributed by atoms with E-state index < -0.39 is 5.97 Å². The molecule has 1 aliphatic carbocycles. The number of carboxylic acid groups (broad SMARTS) is 1. The van der Waals surface area contributed by atoms with E-state index in [-0.39, 0.29) is 22.8 Å². The Morgan fingerprint density at radius 1 is 1.41 bits per heavy atom. The second-order valence-electron chi connectivity index (χ2n) is 5.12. The topological polar surface area (TPSA) is 66.4 Å². The Kier molecular flexibility index (Phi) is 2.65. The fourth-order valence-corrected chi connectivity index (χ4v) is 1.87. The average Bonchev–Trinajstić information content (AvgIpc) is 2.88. The lowest BCUT2D eigenvalue weighted by molar-refractivity contribution is -0.118. The van der Waals surface area contributed by atoms with Crippen molar-refractivity contribution in [3.8, 4) is 0 Å². The number of carbonyl (C=O) groups excluding carboxylic acids is 1. The Bertz CT molecular complexity index is 479. The number of carboxylic acids is 1. The summed E-state index contributed by atoms with van der Waals surface area (Å²) in [6.45, 7) is 4.09. The van der Waals surface area contributed by atoms with Gasteiger partial charge in [-0.2, -0.15) is 0 Å². The highest BCUT2D eigenvalue weighted by atomic mass is 16.4. The minimum Gasteiger partial charge on any atom is -0.478 e. The number of anilines is 1. The van der Waals surface area contributed by atoms with Crippen LogP contribution in [0.1, 0.15) is 30.6 Å². The summed E-state index contributed by atoms with van der Waals surface area (Å²) in [5, 5.41) is 11.6. The Morgan fingerprint density at radius 2 is 2.06 bits per heavy atom. The lowest BCUT2D eigenvalue weighted by Crippen LogP contribution is -2.16. The first kappa shape index (κ1) is 11.6. The van der Waals surface area contributed by atoms with Crippen molar-refractivity contribution in [1.29, 1.82) is 0 Å². The van der Waals surface area contributed by atoms with Gasteiger partial charge in [-0.1, -0.05) is 19.9 Å². The molecule has 1 unspecified atom stereocenters. The molecule has 1 fully saturated rings. The van der Waals surface area contributed by atoms with Gasteiger partial charge in [-0.05, 0) is 30.0 Å². The van der Waals surface area contributed by atoms with Crippen LogP contribution in [0.25, 0.3) is 0 Å². The minimum atomic E-state index is -0.993. The molecule has 0 radical (unpaired) electrons. The summed E-state index contributed by atoms with van der Waals surface area (Å²) in [4.78, 5) is 22.6. The fourth-order valence-electron chi connectivity index (χ4n) is 1.87. The van der Waals surface area contributed by atoms with Gasteiger partial charge in [0.05, 0.1) is 5.56 Å². The molecule has 90 valence electrons. The van der Waals surface area contributed by atoms with Crippen molar-refractivity contribution in [2.75, 3.05) is 5.32 Å². The first-order valence-corrected chi connectivity index (χ1v) is 5.54. The van der Waals surface area contributed by atoms with Crippen LogP contribution in [0.3, 0.4) is 0 Å². The minimum absolute atomic E-state index is 0.0301. The molecule has 2 rings (SSSR count). The molecule has 0 saturated heterocycles. The third-order valence-corrected chi connectivity index (χ3v) is 3.21. The summed E-state index contributed by atoms with van der Waals surface area (Å²) < 4.78 is 0. The molecule has 4 heteroatoms. The number of rotatable bonds is 3. The van der Waals surface area contributed by atoms with Gasteiger partial charge in [0, 0.05) is 11.6 Å². The van der Waals surface area contributed by atoms with Gasteiger partial charge < -0.3 is 10.4 Å². The summed E-state index contributed by atoms with van der Waals surface area (Å²) >= 11 is 0. The maximum atomic E-state index is 11.8. The molecule has 17 heavy (non-hydrogen) atoms. The normalized spacial score (nSPS) is 20.7. The zero-order chi connectivity index (χ0) is 12.6. The average molecular weight is 233 g/mol. The van der Waals surface area contributed by atoms with Crippen LogP contribution in [0, 0.1) is 11.3 Å². The molecule has 0 aliphatic heterocycles. The van der Waals surface area contributed by atoms with Crippen molar-refractivity contribution in [2.24, 2.45) is 11.3 Å². The monoisotopic (exact) mass is 233 g/mol. The summed E-state index contributed by atoms with van der Waals surface area (Å²) in [7, 11) is 0. The first-order chi connectivity index (χ1) is 7.90. The van der Waals surface area contributed by atoms with E-state index in [0.29, 0.717) is 5.69 Å². The van der Waals surface area contributed by atoms with Crippen LogP contribution in [0.15, 0.2) is 24.3 Å². The molecule has 0 spiro atoms. The quantitative estimate of drug-likeness (QED) is 0.842. The van der Waals surface area contributed by atoms with Crippen LogP contribution in [0.5, 0.6) is 0 Å². The van der Waals surface area contributed by atoms with Crippen molar-refractivity contribution in [3.63, 3.8) is 0 Å². The standard InChI is InChI=1S/C13H15NO3/c1-13(2)7-10(13)11(15)14-9-5-3-4-8(6-9)12(16)17/h3-6,10H,7H2,1-2H3,(H,14,15)(H,16,17). The molecule has 0 heterocycles. The second kappa shape index (κ2) is 3.87. The van der Waals surface area contributed by atoms with Gasteiger partial charge in [-0.15, -0.1) is 0 Å². The van der Waals surface area contributed by atoms with Crippen LogP contribution in [-0.4, -0.2) is 17.0 Å². The maximum Gasteiger partial charge on any atom is 0.335 e. The summed E-state index contributed by atoms with van der Waals surface area (Å²) in [5.41, 5.74) is 0.796. The van der Waals surface area contributed by atoms with E-state index in [2.05, 4.69) is 5.32 Å². The Labute approximate surface area is 99.6 Å². The van der Waals surface area contributed by atoms with E-state index in [4.69, 9.17) is 5.11 Å². The molecule has 4 nitrogen and oxygen atoms in total. The zero-order valence-corrected chi connectivity index (χ0v) is 9.86. The van der Waals surface area contributed by atoms with Crippen molar-refractivity contribution in [3.05, 3.63) is 29.8 Å². The fraction of sp³-hybridized carbons (Fsp3) is 0.385. The highest BCUT2D eigenvalue weighted by molar-refractivity contribution is 5.96. The Morgan fingerprint density at radius 3 is 2.59 bits per heavy atom. The predicted octanol–water partition coefficient (Wildman–Crippen LogP) is 2.37. The molecule has 1 saturated carbocycles. The molecule has 1 amide bonds. The molecule has 0 aromatic heterocycles. The molecular formula is C13H15NO3. The third kappa shape index (κ3) is 2.46. The summed E-state index contributed by atoms with van der Waals surface area (Å²) in [6, 6.07) is 6.28. The van der Waals surface area contributed by atoms with Crippen LogP contribution in [0.2, 0.25) is 0 Å². The van der Waals surface area contributed by atoms with Crippen molar-refractivity contribution in [1.82, 2.24) is 0 Å². The van der Waals surface area contributed by atoms with Gasteiger partial charge in [0.2, 0.25) is 5.91 Å². The second-order valence-corrected chi connectivity index (χ2v) is 5.12. The van der Waals surface area contributed by atoms with Crippen molar-refractivity contribution in [2.45, 2.75) is 20.3 Å². The number of benzene rings is 1. The lowest BCUT2D eigenvalue weighted by atomic mass is 10.1. The largest absolute Gasteiger partial charge is 0.478 e. The highest BCUT2D eigenvalue weighted by Crippen LogP contribution is 2.51. The van der Waals surface area contributed by atoms with Crippen LogP contribution in [-0.2, 0) is 4.79 Å². The van der Waals surface area contributed by atoms with E-state index in [1.807, 2.05) is 13.8 Å². The number of nitrogens with one attached hydrogen (secondary N) is 1. The number of carbonyl (C=O) groups is 2. The molecular weight excluding hydrogens is 218 g/mol. The SMILES string of the molecule is CC1(C)CC1C(=O)Nc1cccc(C(=O)O)c1. The molecule has 1 aliphatic rings. The van der Waals surface area contributed by atoms with Gasteiger partial charge in [0.15, 0.2) is 0 Å². The number of aromatic carboxylic acids is 1. The Hall–Kier alpha value is -1.84. The summed E-state index contributed by atoms with van der Waals surface area (Å²) in [5.74, 6) is -0.985. The molecule has 1 aromatic rings. The van der Waals surface area contributed by atoms with Crippen LogP contribution >= 0.6 is 0 Å². The third-order valence-electron chi connectivity index (χ3n) is 3.21. The van der Waals surface area contributed by atoms with E-state index >= 15 is 0 Å². The summed E-state index contributed by atoms with van der Waals surface area (Å²) in [6.07, 6.45) is 0.886. The molecule has 2 N–H and O–H groups in total. The lowest BCUT2D eigenvalue weighted by Gasteiger charge is -2.07. The van der Waals surface area contributed by atoms with Crippen LogP contribution in [0.4, 0.5) is 5.69 Å². The van der Waals surface area contributed by atoms with E-state index in [1.54, 1.807) is 12.1 Å². The smallest absolute Gasteiger partial charge is 0.335 e. The maximum absolute atomic E-state index is 11.8. The first-order valence-electron chi connectivity index (χ1n) is 5.54. The van der Waals surface area contributed by atoms with Gasteiger partial charge in [0.25, 0.3) is 0 Å². The van der Waals surface area contributed by atoms with E-state index in [9.17, 15) is 9.59 Å². The van der Waals surface area contributed by atoms with Gasteiger partial charge >= 0.3 is 5.97 Å². The molecule has 0 bridgehead atoms. The van der Waals surface area contributed by atoms with Crippen molar-refractivity contribution < 1.29 is 14.7 Å². The number of hydrogen-bond donors (Lipinski definition) is 2. The Balaban J connectivity index is 2.07. The highest BCUT2D eigenvalue weighted by Gasteiger charge is 2.50. The van der Waals surface area contributed by atoms with E-state index in [1.165, 1.54) is 12.1 Å². The molecule has 1 atom stereocenters. The van der Waals surface area contributed by atoms with Gasteiger partial charge in [0.1, 0.15) is 0 Å². The molecule has 1 aromatic carbocycles. The van der Waals surface area contributed by atoms with Gasteiger partial charge in [-0.3, -0.25) is 4.79 Å². The number of amides is 1. The number of hydrogen-bond acceptors (Lipinski definition) is 2. The zero-order valence-electron chi connectivity index (χ0n) is 9.86. The van der Waals surface area contributed by atoms with Crippen molar-refractivity contribution >= 4 is 17.6 Å². The van der Waals surface area contributed by atoms with Gasteiger partial charge in [-0.25, -0.2) is 4.79 Å². The van der Waals surface area contributed by atoms with Crippen LogP contribution < -0.4 is 5.32 Å². The van der Waals surface area contributed by atoms with E-state index in [0.717, 1.165) is 6.42 Å².